The van der Waals surface area contributed by atoms with Gasteiger partial charge >= 0.3 is 0 Å². The summed E-state index contributed by atoms with van der Waals surface area (Å²) in [7, 11) is 2.03. The van der Waals surface area contributed by atoms with Gasteiger partial charge in [-0.15, -0.1) is 0 Å². The van der Waals surface area contributed by atoms with E-state index in [0.29, 0.717) is 6.54 Å². The van der Waals surface area contributed by atoms with Crippen molar-refractivity contribution in [2.75, 3.05) is 20.1 Å². The average molecular weight is 235 g/mol. The van der Waals surface area contributed by atoms with Gasteiger partial charge in [0, 0.05) is 13.1 Å². The van der Waals surface area contributed by atoms with E-state index in [9.17, 15) is 5.11 Å². The molecular weight excluding hydrogens is 214 g/mol. The van der Waals surface area contributed by atoms with Crippen molar-refractivity contribution in [3.63, 3.8) is 0 Å². The molecule has 1 saturated heterocycles. The zero-order chi connectivity index (χ0) is 12.5. The highest BCUT2D eigenvalue weighted by atomic mass is 16.5. The fourth-order valence-electron chi connectivity index (χ4n) is 2.35. The molecule has 1 fully saturated rings. The van der Waals surface area contributed by atoms with Gasteiger partial charge in [-0.25, -0.2) is 0 Å². The number of rotatable bonds is 3. The van der Waals surface area contributed by atoms with Crippen LogP contribution in [0.15, 0.2) is 24.3 Å². The van der Waals surface area contributed by atoms with Crippen molar-refractivity contribution in [2.45, 2.75) is 32.0 Å². The Balaban J connectivity index is 2.21. The van der Waals surface area contributed by atoms with E-state index in [0.717, 1.165) is 24.3 Å². The second-order valence-corrected chi connectivity index (χ2v) is 5.21. The summed E-state index contributed by atoms with van der Waals surface area (Å²) >= 11 is 0. The van der Waals surface area contributed by atoms with Gasteiger partial charge in [-0.2, -0.15) is 0 Å². The van der Waals surface area contributed by atoms with Crippen molar-refractivity contribution in [3.8, 4) is 5.75 Å². The fourth-order valence-corrected chi connectivity index (χ4v) is 2.35. The maximum absolute atomic E-state index is 10.6. The highest BCUT2D eigenvalue weighted by Crippen LogP contribution is 2.32. The molecule has 0 spiro atoms. The fraction of sp³-hybridized carbons (Fsp3) is 0.571. The number of benzene rings is 1. The molecule has 1 aliphatic heterocycles. The Labute approximate surface area is 103 Å². The smallest absolute Gasteiger partial charge is 0.120 e. The minimum Gasteiger partial charge on any atom is -0.491 e. The predicted octanol–water partition coefficient (Wildman–Crippen LogP) is 2.00. The van der Waals surface area contributed by atoms with Crippen molar-refractivity contribution < 1.29 is 9.84 Å². The normalized spacial score (nSPS) is 25.5. The Morgan fingerprint density at radius 2 is 2.18 bits per heavy atom. The lowest BCUT2D eigenvalue weighted by atomic mass is 9.93. The molecule has 1 heterocycles. The van der Waals surface area contributed by atoms with E-state index in [1.807, 2.05) is 45.2 Å². The van der Waals surface area contributed by atoms with Crippen LogP contribution in [0.1, 0.15) is 25.8 Å². The Hall–Kier alpha value is -1.06. The first-order valence-electron chi connectivity index (χ1n) is 6.18. The van der Waals surface area contributed by atoms with E-state index >= 15 is 0 Å². The van der Waals surface area contributed by atoms with Crippen LogP contribution in [-0.2, 0) is 5.60 Å². The number of aliphatic hydroxyl groups is 1. The van der Waals surface area contributed by atoms with Gasteiger partial charge in [-0.1, -0.05) is 12.1 Å². The monoisotopic (exact) mass is 235 g/mol. The third-order valence-corrected chi connectivity index (χ3v) is 3.18. The van der Waals surface area contributed by atoms with Crippen LogP contribution in [0.2, 0.25) is 0 Å². The van der Waals surface area contributed by atoms with Crippen molar-refractivity contribution >= 4 is 0 Å². The van der Waals surface area contributed by atoms with Crippen LogP contribution in [0.5, 0.6) is 5.75 Å². The summed E-state index contributed by atoms with van der Waals surface area (Å²) in [4.78, 5) is 2.15. The molecule has 0 radical (unpaired) electrons. The summed E-state index contributed by atoms with van der Waals surface area (Å²) in [5.74, 6) is 0.834. The number of likely N-dealkylation sites (N-methyl/N-ethyl adjacent to an activating group) is 1. The van der Waals surface area contributed by atoms with Crippen LogP contribution in [0, 0.1) is 0 Å². The quantitative estimate of drug-likeness (QED) is 0.869. The lowest BCUT2D eigenvalue weighted by Gasteiger charge is -2.23. The van der Waals surface area contributed by atoms with E-state index in [2.05, 4.69) is 4.90 Å². The van der Waals surface area contributed by atoms with Crippen molar-refractivity contribution in [3.05, 3.63) is 29.8 Å². The largest absolute Gasteiger partial charge is 0.491 e. The molecule has 1 atom stereocenters. The molecule has 1 unspecified atom stereocenters. The molecule has 3 nitrogen and oxygen atoms in total. The third-order valence-electron chi connectivity index (χ3n) is 3.18. The number of hydrogen-bond acceptors (Lipinski definition) is 3. The average Bonchev–Trinajstić information content (AvgIpc) is 2.59. The zero-order valence-electron chi connectivity index (χ0n) is 10.8. The zero-order valence-corrected chi connectivity index (χ0v) is 10.8. The van der Waals surface area contributed by atoms with Crippen LogP contribution in [-0.4, -0.2) is 36.2 Å². The van der Waals surface area contributed by atoms with Gasteiger partial charge in [0.15, 0.2) is 0 Å². The van der Waals surface area contributed by atoms with Crippen LogP contribution in [0.4, 0.5) is 0 Å². The number of ether oxygens (including phenoxy) is 1. The molecule has 1 aromatic carbocycles. The molecule has 2 rings (SSSR count). The first kappa shape index (κ1) is 12.4. The van der Waals surface area contributed by atoms with Crippen LogP contribution >= 0.6 is 0 Å². The third kappa shape index (κ3) is 2.79. The highest BCUT2D eigenvalue weighted by molar-refractivity contribution is 5.33. The summed E-state index contributed by atoms with van der Waals surface area (Å²) in [5.41, 5.74) is 0.241. The van der Waals surface area contributed by atoms with Crippen LogP contribution < -0.4 is 4.74 Å². The SMILES string of the molecule is CC(C)Oc1cccc(C2(O)CCN(C)C2)c1. The Morgan fingerprint density at radius 1 is 1.41 bits per heavy atom. The molecular formula is C14H21NO2. The van der Waals surface area contributed by atoms with Gasteiger partial charge in [0.25, 0.3) is 0 Å². The van der Waals surface area contributed by atoms with E-state index in [-0.39, 0.29) is 6.10 Å². The molecule has 0 saturated carbocycles. The molecule has 17 heavy (non-hydrogen) atoms. The molecule has 1 aliphatic rings. The summed E-state index contributed by atoms with van der Waals surface area (Å²) in [6, 6.07) is 7.82. The second-order valence-electron chi connectivity index (χ2n) is 5.21. The Bertz CT molecular complexity index is 392. The lowest BCUT2D eigenvalue weighted by molar-refractivity contribution is 0.0485. The topological polar surface area (TPSA) is 32.7 Å². The van der Waals surface area contributed by atoms with Crippen molar-refractivity contribution in [1.29, 1.82) is 0 Å². The van der Waals surface area contributed by atoms with Gasteiger partial charge in [0.1, 0.15) is 11.4 Å². The van der Waals surface area contributed by atoms with Gasteiger partial charge in [-0.3, -0.25) is 0 Å². The number of β-amino-alcohol motifs (C(OH)–C–C–N with tert-alkyl or cyclic N) is 1. The second kappa shape index (κ2) is 4.67. The molecule has 1 N–H and O–H groups in total. The lowest BCUT2D eigenvalue weighted by Crippen LogP contribution is -2.29. The van der Waals surface area contributed by atoms with Crippen molar-refractivity contribution in [1.82, 2.24) is 4.90 Å². The predicted molar refractivity (Wildman–Crippen MR) is 68.2 cm³/mol. The van der Waals surface area contributed by atoms with Gasteiger partial charge in [0.05, 0.1) is 6.10 Å². The molecule has 0 aliphatic carbocycles. The summed E-state index contributed by atoms with van der Waals surface area (Å²) < 4.78 is 5.66. The van der Waals surface area contributed by atoms with Crippen LogP contribution in [0.25, 0.3) is 0 Å². The maximum Gasteiger partial charge on any atom is 0.120 e. The highest BCUT2D eigenvalue weighted by Gasteiger charge is 2.36. The Morgan fingerprint density at radius 3 is 2.76 bits per heavy atom. The number of nitrogens with zero attached hydrogens (tertiary/aromatic N) is 1. The molecule has 0 bridgehead atoms. The summed E-state index contributed by atoms with van der Waals surface area (Å²) in [6.07, 6.45) is 0.945. The summed E-state index contributed by atoms with van der Waals surface area (Å²) in [6.45, 7) is 5.64. The van der Waals surface area contributed by atoms with E-state index in [4.69, 9.17) is 4.74 Å². The van der Waals surface area contributed by atoms with Crippen LogP contribution in [0.3, 0.4) is 0 Å². The molecule has 3 heteroatoms. The molecule has 0 aromatic heterocycles. The van der Waals surface area contributed by atoms with E-state index < -0.39 is 5.60 Å². The maximum atomic E-state index is 10.6. The summed E-state index contributed by atoms with van der Waals surface area (Å²) in [5, 5.41) is 10.6. The minimum atomic E-state index is -0.717. The molecule has 0 amide bonds. The Kier molecular flexibility index (Phi) is 3.40. The first-order valence-corrected chi connectivity index (χ1v) is 6.18. The minimum absolute atomic E-state index is 0.158. The standard InChI is InChI=1S/C14H21NO2/c1-11(2)17-13-6-4-5-12(9-13)14(16)7-8-15(3)10-14/h4-6,9,11,16H,7-8,10H2,1-3H3. The van der Waals surface area contributed by atoms with Gasteiger partial charge in [0.2, 0.25) is 0 Å². The number of likely N-dealkylation sites (tertiary alicyclic amines) is 1. The molecule has 1 aromatic rings. The van der Waals surface area contributed by atoms with E-state index in [1.165, 1.54) is 0 Å². The van der Waals surface area contributed by atoms with Crippen molar-refractivity contribution in [2.24, 2.45) is 0 Å². The molecule has 94 valence electrons. The van der Waals surface area contributed by atoms with Gasteiger partial charge < -0.3 is 14.7 Å². The van der Waals surface area contributed by atoms with Gasteiger partial charge in [-0.05, 0) is 45.0 Å². The first-order chi connectivity index (χ1) is 7.99. The number of hydrogen-bond donors (Lipinski definition) is 1. The van der Waals surface area contributed by atoms with E-state index in [1.54, 1.807) is 0 Å².